The number of hydrogen-bond acceptors (Lipinski definition) is 5. The minimum Gasteiger partial charge on any atom is -0.275 e. The number of rotatable bonds is 2. The smallest absolute Gasteiger partial charge is 0.275 e. The van der Waals surface area contributed by atoms with Crippen molar-refractivity contribution < 1.29 is 13.2 Å². The summed E-state index contributed by atoms with van der Waals surface area (Å²) in [7, 11) is -3.57. The molecule has 0 atom stereocenters. The van der Waals surface area contributed by atoms with Crippen LogP contribution >= 0.6 is 0 Å². The van der Waals surface area contributed by atoms with Crippen LogP contribution in [-0.4, -0.2) is 30.7 Å². The van der Waals surface area contributed by atoms with E-state index in [1.807, 2.05) is 0 Å². The third-order valence-electron chi connectivity index (χ3n) is 1.30. The van der Waals surface area contributed by atoms with Crippen molar-refractivity contribution in [2.45, 2.75) is 6.92 Å². The van der Waals surface area contributed by atoms with Crippen LogP contribution in [0.15, 0.2) is 12.3 Å². The predicted octanol–water partition coefficient (Wildman–Crippen LogP) is -0.134. The van der Waals surface area contributed by atoms with Crippen molar-refractivity contribution in [2.24, 2.45) is 0 Å². The van der Waals surface area contributed by atoms with E-state index in [0.717, 1.165) is 6.26 Å². The topological polar surface area (TPSA) is 101 Å². The van der Waals surface area contributed by atoms with E-state index in [-0.39, 0.29) is 5.95 Å². The third-order valence-corrected chi connectivity index (χ3v) is 1.85. The number of aromatic nitrogens is 2. The van der Waals surface area contributed by atoms with Gasteiger partial charge in [-0.2, -0.15) is 0 Å². The molecule has 1 aromatic rings. The lowest BCUT2D eigenvalue weighted by Gasteiger charge is -2.04. The number of hydrogen-bond donors (Lipinski definition) is 2. The van der Waals surface area contributed by atoms with Crippen molar-refractivity contribution >= 4 is 22.0 Å². The molecule has 0 saturated carbocycles. The van der Waals surface area contributed by atoms with Crippen molar-refractivity contribution in [3.63, 3.8) is 0 Å². The molecule has 1 rings (SSSR count). The fourth-order valence-electron chi connectivity index (χ4n) is 0.805. The highest BCUT2D eigenvalue weighted by Gasteiger charge is 2.09. The summed E-state index contributed by atoms with van der Waals surface area (Å²) in [5, 5.41) is 2.19. The maximum Gasteiger partial charge on any atom is 0.335 e. The summed E-state index contributed by atoms with van der Waals surface area (Å²) in [6.45, 7) is 1.72. The van der Waals surface area contributed by atoms with E-state index < -0.39 is 16.1 Å². The van der Waals surface area contributed by atoms with Gasteiger partial charge in [0.1, 0.15) is 0 Å². The minimum absolute atomic E-state index is 0.0520. The van der Waals surface area contributed by atoms with Crippen molar-refractivity contribution in [1.82, 2.24) is 14.7 Å². The Labute approximate surface area is 87.0 Å². The molecule has 2 amide bonds. The fourth-order valence-corrected chi connectivity index (χ4v) is 1.19. The van der Waals surface area contributed by atoms with Gasteiger partial charge in [0.15, 0.2) is 0 Å². The van der Waals surface area contributed by atoms with Gasteiger partial charge in [-0.3, -0.25) is 5.32 Å². The second kappa shape index (κ2) is 4.22. The Morgan fingerprint density at radius 1 is 1.47 bits per heavy atom. The second-order valence-electron chi connectivity index (χ2n) is 2.85. The van der Waals surface area contributed by atoms with Crippen LogP contribution in [-0.2, 0) is 10.0 Å². The molecular weight excluding hydrogens is 220 g/mol. The Morgan fingerprint density at radius 2 is 2.13 bits per heavy atom. The van der Waals surface area contributed by atoms with E-state index >= 15 is 0 Å². The van der Waals surface area contributed by atoms with E-state index in [2.05, 4.69) is 15.3 Å². The predicted molar refractivity (Wildman–Crippen MR) is 53.8 cm³/mol. The lowest BCUT2D eigenvalue weighted by molar-refractivity contribution is 0.256. The molecule has 0 aliphatic heterocycles. The van der Waals surface area contributed by atoms with E-state index in [1.54, 1.807) is 17.7 Å². The van der Waals surface area contributed by atoms with Crippen LogP contribution < -0.4 is 10.0 Å². The van der Waals surface area contributed by atoms with Crippen molar-refractivity contribution in [1.29, 1.82) is 0 Å². The highest BCUT2D eigenvalue weighted by Crippen LogP contribution is 1.98. The van der Waals surface area contributed by atoms with Crippen LogP contribution in [0.5, 0.6) is 0 Å². The normalized spacial score (nSPS) is 10.8. The zero-order chi connectivity index (χ0) is 11.5. The number of aryl methyl sites for hydroxylation is 1. The molecule has 0 saturated heterocycles. The molecule has 0 spiro atoms. The largest absolute Gasteiger partial charge is 0.335 e. The van der Waals surface area contributed by atoms with Gasteiger partial charge >= 0.3 is 6.03 Å². The Kier molecular flexibility index (Phi) is 3.20. The summed E-state index contributed by atoms with van der Waals surface area (Å²) in [4.78, 5) is 18.7. The number of urea groups is 1. The monoisotopic (exact) mass is 230 g/mol. The molecule has 0 radical (unpaired) electrons. The van der Waals surface area contributed by atoms with Crippen LogP contribution in [0.25, 0.3) is 0 Å². The first-order chi connectivity index (χ1) is 6.87. The molecule has 7 nitrogen and oxygen atoms in total. The number of carbonyl (C=O) groups is 1. The molecule has 2 N–H and O–H groups in total. The molecule has 0 aliphatic rings. The highest BCUT2D eigenvalue weighted by molar-refractivity contribution is 7.89. The van der Waals surface area contributed by atoms with Crippen LogP contribution in [0.4, 0.5) is 10.7 Å². The number of carbonyl (C=O) groups excluding carboxylic acids is 1. The van der Waals surface area contributed by atoms with Gasteiger partial charge < -0.3 is 0 Å². The summed E-state index contributed by atoms with van der Waals surface area (Å²) in [5.74, 6) is 0.0520. The minimum atomic E-state index is -3.57. The average Bonchev–Trinajstić information content (AvgIpc) is 1.99. The van der Waals surface area contributed by atoms with Crippen molar-refractivity contribution in [3.8, 4) is 0 Å². The molecule has 8 heteroatoms. The highest BCUT2D eigenvalue weighted by atomic mass is 32.2. The number of amides is 2. The molecular formula is C7H10N4O3S. The van der Waals surface area contributed by atoms with E-state index in [0.29, 0.717) is 5.69 Å². The van der Waals surface area contributed by atoms with Gasteiger partial charge in [-0.05, 0) is 13.0 Å². The number of anilines is 1. The average molecular weight is 230 g/mol. The van der Waals surface area contributed by atoms with E-state index in [9.17, 15) is 13.2 Å². The first kappa shape index (κ1) is 11.4. The lowest BCUT2D eigenvalue weighted by atomic mass is 10.5. The maximum atomic E-state index is 11.1. The third kappa shape index (κ3) is 4.36. The molecule has 1 aromatic heterocycles. The molecule has 0 unspecified atom stereocenters. The zero-order valence-corrected chi connectivity index (χ0v) is 9.00. The second-order valence-corrected chi connectivity index (χ2v) is 4.60. The quantitative estimate of drug-likeness (QED) is 0.736. The summed E-state index contributed by atoms with van der Waals surface area (Å²) in [6.07, 6.45) is 2.34. The van der Waals surface area contributed by atoms with Crippen LogP contribution in [0.3, 0.4) is 0 Å². The van der Waals surface area contributed by atoms with Gasteiger partial charge in [0.05, 0.1) is 6.26 Å². The summed E-state index contributed by atoms with van der Waals surface area (Å²) in [6, 6.07) is 0.766. The lowest BCUT2D eigenvalue weighted by Crippen LogP contribution is -2.33. The Hall–Kier alpha value is -1.70. The molecule has 0 aliphatic carbocycles. The van der Waals surface area contributed by atoms with E-state index in [4.69, 9.17) is 0 Å². The van der Waals surface area contributed by atoms with Gasteiger partial charge in [0.2, 0.25) is 16.0 Å². The number of sulfonamides is 1. The van der Waals surface area contributed by atoms with Crippen molar-refractivity contribution in [3.05, 3.63) is 18.0 Å². The Bertz CT molecular complexity index is 471. The van der Waals surface area contributed by atoms with Gasteiger partial charge in [-0.25, -0.2) is 27.9 Å². The number of nitrogens with one attached hydrogen (secondary N) is 2. The van der Waals surface area contributed by atoms with Gasteiger partial charge in [-0.15, -0.1) is 0 Å². The Balaban J connectivity index is 2.67. The zero-order valence-electron chi connectivity index (χ0n) is 8.18. The van der Waals surface area contributed by atoms with Crippen LogP contribution in [0.1, 0.15) is 5.69 Å². The molecule has 15 heavy (non-hydrogen) atoms. The summed E-state index contributed by atoms with van der Waals surface area (Å²) in [5.41, 5.74) is 0.666. The molecule has 0 fully saturated rings. The maximum absolute atomic E-state index is 11.1. The summed E-state index contributed by atoms with van der Waals surface area (Å²) < 4.78 is 23.1. The van der Waals surface area contributed by atoms with Crippen LogP contribution in [0.2, 0.25) is 0 Å². The molecule has 0 bridgehead atoms. The van der Waals surface area contributed by atoms with Gasteiger partial charge in [0.25, 0.3) is 0 Å². The van der Waals surface area contributed by atoms with Gasteiger partial charge in [0, 0.05) is 11.9 Å². The first-order valence-electron chi connectivity index (χ1n) is 3.95. The fraction of sp³-hybridized carbons (Fsp3) is 0.286. The Morgan fingerprint density at radius 3 is 2.67 bits per heavy atom. The standard InChI is InChI=1S/C7H10N4O3S/c1-5-3-4-8-6(9-5)10-7(12)11-15(2,13)14/h3-4H,1-2H3,(H2,8,9,10,11,12). The molecule has 82 valence electrons. The van der Waals surface area contributed by atoms with Gasteiger partial charge in [-0.1, -0.05) is 0 Å². The van der Waals surface area contributed by atoms with Crippen molar-refractivity contribution in [2.75, 3.05) is 11.6 Å². The molecule has 0 aromatic carbocycles. The molecule has 1 heterocycles. The van der Waals surface area contributed by atoms with Crippen LogP contribution in [0, 0.1) is 6.92 Å². The SMILES string of the molecule is Cc1ccnc(NC(=O)NS(C)(=O)=O)n1. The van der Waals surface area contributed by atoms with E-state index in [1.165, 1.54) is 6.20 Å². The summed E-state index contributed by atoms with van der Waals surface area (Å²) >= 11 is 0. The first-order valence-corrected chi connectivity index (χ1v) is 5.84. The number of nitrogens with zero attached hydrogens (tertiary/aromatic N) is 2.